The molecule has 2 nitrogen and oxygen atoms in total. The third-order valence-electron chi connectivity index (χ3n) is 3.67. The normalized spacial score (nSPS) is 17.8. The van der Waals surface area contributed by atoms with Crippen LogP contribution in [0.2, 0.25) is 0 Å². The average Bonchev–Trinajstić information content (AvgIpc) is 2.76. The van der Waals surface area contributed by atoms with Crippen LogP contribution < -0.4 is 5.32 Å². The maximum absolute atomic E-state index is 3.49. The number of hydrogen-bond donors (Lipinski definition) is 1. The van der Waals surface area contributed by atoms with E-state index in [1.807, 2.05) is 0 Å². The van der Waals surface area contributed by atoms with E-state index in [0.29, 0.717) is 6.04 Å². The predicted molar refractivity (Wildman–Crippen MR) is 71.9 cm³/mol. The van der Waals surface area contributed by atoms with Gasteiger partial charge in [0.25, 0.3) is 0 Å². The molecule has 0 radical (unpaired) electrons. The van der Waals surface area contributed by atoms with Crippen LogP contribution in [0.15, 0.2) is 0 Å². The van der Waals surface area contributed by atoms with Gasteiger partial charge >= 0.3 is 0 Å². The zero-order valence-electron chi connectivity index (χ0n) is 11.5. The first-order chi connectivity index (χ1) is 7.74. The standard InChI is InChI=1S/C14H30N2/c1-4-16(14-9-5-6-10-14)12-8-7-11-15-13(2)3/h13-15H,4-12H2,1-3H3. The molecule has 96 valence electrons. The summed E-state index contributed by atoms with van der Waals surface area (Å²) in [7, 11) is 0. The van der Waals surface area contributed by atoms with E-state index in [1.54, 1.807) is 0 Å². The van der Waals surface area contributed by atoms with Crippen LogP contribution in [-0.2, 0) is 0 Å². The van der Waals surface area contributed by atoms with Gasteiger partial charge in [-0.2, -0.15) is 0 Å². The maximum atomic E-state index is 3.49. The number of nitrogens with zero attached hydrogens (tertiary/aromatic N) is 1. The Balaban J connectivity index is 2.04. The molecule has 0 unspecified atom stereocenters. The fourth-order valence-electron chi connectivity index (χ4n) is 2.70. The van der Waals surface area contributed by atoms with Gasteiger partial charge in [0.2, 0.25) is 0 Å². The molecule has 2 heteroatoms. The lowest BCUT2D eigenvalue weighted by Gasteiger charge is -2.27. The van der Waals surface area contributed by atoms with Crippen LogP contribution in [0.3, 0.4) is 0 Å². The lowest BCUT2D eigenvalue weighted by molar-refractivity contribution is 0.205. The van der Waals surface area contributed by atoms with Gasteiger partial charge in [0, 0.05) is 12.1 Å². The second-order valence-corrected chi connectivity index (χ2v) is 5.38. The topological polar surface area (TPSA) is 15.3 Å². The molecule has 0 saturated heterocycles. The highest BCUT2D eigenvalue weighted by molar-refractivity contribution is 4.76. The smallest absolute Gasteiger partial charge is 0.00951 e. The summed E-state index contributed by atoms with van der Waals surface area (Å²) in [5.41, 5.74) is 0. The minimum Gasteiger partial charge on any atom is -0.315 e. The third-order valence-corrected chi connectivity index (χ3v) is 3.67. The van der Waals surface area contributed by atoms with Crippen LogP contribution in [0.5, 0.6) is 0 Å². The Labute approximate surface area is 102 Å². The summed E-state index contributed by atoms with van der Waals surface area (Å²) in [6.07, 6.45) is 8.47. The van der Waals surface area contributed by atoms with Crippen molar-refractivity contribution in [3.8, 4) is 0 Å². The highest BCUT2D eigenvalue weighted by atomic mass is 15.1. The molecule has 16 heavy (non-hydrogen) atoms. The minimum atomic E-state index is 0.636. The van der Waals surface area contributed by atoms with E-state index in [2.05, 4.69) is 31.0 Å². The van der Waals surface area contributed by atoms with Crippen molar-refractivity contribution in [3.63, 3.8) is 0 Å². The van der Waals surface area contributed by atoms with Gasteiger partial charge < -0.3 is 10.2 Å². The average molecular weight is 226 g/mol. The van der Waals surface area contributed by atoms with Gasteiger partial charge in [-0.05, 0) is 45.3 Å². The molecule has 1 fully saturated rings. The summed E-state index contributed by atoms with van der Waals surface area (Å²) in [4.78, 5) is 2.70. The van der Waals surface area contributed by atoms with Gasteiger partial charge in [-0.3, -0.25) is 0 Å². The van der Waals surface area contributed by atoms with E-state index in [0.717, 1.165) is 6.04 Å². The summed E-state index contributed by atoms with van der Waals surface area (Å²) in [6, 6.07) is 1.54. The molecule has 0 bridgehead atoms. The second-order valence-electron chi connectivity index (χ2n) is 5.38. The van der Waals surface area contributed by atoms with Crippen LogP contribution in [0, 0.1) is 0 Å². The Bertz CT molecular complexity index is 162. The Kier molecular flexibility index (Phi) is 7.06. The summed E-state index contributed by atoms with van der Waals surface area (Å²) < 4.78 is 0. The van der Waals surface area contributed by atoms with Gasteiger partial charge in [0.15, 0.2) is 0 Å². The molecule has 0 spiro atoms. The van der Waals surface area contributed by atoms with Crippen LogP contribution in [0.1, 0.15) is 59.3 Å². The van der Waals surface area contributed by atoms with Crippen molar-refractivity contribution in [2.75, 3.05) is 19.6 Å². The first-order valence-electron chi connectivity index (χ1n) is 7.21. The van der Waals surface area contributed by atoms with Gasteiger partial charge in [-0.25, -0.2) is 0 Å². The van der Waals surface area contributed by atoms with Crippen LogP contribution >= 0.6 is 0 Å². The van der Waals surface area contributed by atoms with E-state index in [-0.39, 0.29) is 0 Å². The number of hydrogen-bond acceptors (Lipinski definition) is 2. The molecule has 0 aromatic carbocycles. The minimum absolute atomic E-state index is 0.636. The summed E-state index contributed by atoms with van der Waals surface area (Å²) >= 11 is 0. The fourth-order valence-corrected chi connectivity index (χ4v) is 2.70. The molecule has 0 aliphatic heterocycles. The Hall–Kier alpha value is -0.0800. The van der Waals surface area contributed by atoms with Crippen LogP contribution in [0.4, 0.5) is 0 Å². The van der Waals surface area contributed by atoms with Crippen molar-refractivity contribution in [1.82, 2.24) is 10.2 Å². The van der Waals surface area contributed by atoms with Gasteiger partial charge in [-0.1, -0.05) is 33.6 Å². The third kappa shape index (κ3) is 5.31. The molecule has 0 heterocycles. The molecule has 1 N–H and O–H groups in total. The van der Waals surface area contributed by atoms with Gasteiger partial charge in [0.1, 0.15) is 0 Å². The van der Waals surface area contributed by atoms with Gasteiger partial charge in [0.05, 0.1) is 0 Å². The Morgan fingerprint density at radius 2 is 1.88 bits per heavy atom. The van der Waals surface area contributed by atoms with Crippen molar-refractivity contribution in [3.05, 3.63) is 0 Å². The zero-order valence-corrected chi connectivity index (χ0v) is 11.5. The van der Waals surface area contributed by atoms with Crippen LogP contribution in [0.25, 0.3) is 0 Å². The number of unbranched alkanes of at least 4 members (excludes halogenated alkanes) is 1. The maximum Gasteiger partial charge on any atom is 0.00951 e. The number of nitrogens with one attached hydrogen (secondary N) is 1. The zero-order chi connectivity index (χ0) is 11.8. The predicted octanol–water partition coefficient (Wildman–Crippen LogP) is 3.03. The van der Waals surface area contributed by atoms with Crippen LogP contribution in [-0.4, -0.2) is 36.6 Å². The van der Waals surface area contributed by atoms with E-state index in [9.17, 15) is 0 Å². The lowest BCUT2D eigenvalue weighted by atomic mass is 10.2. The fraction of sp³-hybridized carbons (Fsp3) is 1.00. The highest BCUT2D eigenvalue weighted by Crippen LogP contribution is 2.23. The molecule has 1 saturated carbocycles. The Morgan fingerprint density at radius 1 is 1.19 bits per heavy atom. The quantitative estimate of drug-likeness (QED) is 0.640. The summed E-state index contributed by atoms with van der Waals surface area (Å²) in [6.45, 7) is 10.5. The largest absolute Gasteiger partial charge is 0.315 e. The molecule has 0 atom stereocenters. The molecular weight excluding hydrogens is 196 g/mol. The summed E-state index contributed by atoms with van der Waals surface area (Å²) in [5, 5.41) is 3.49. The van der Waals surface area contributed by atoms with E-state index < -0.39 is 0 Å². The van der Waals surface area contributed by atoms with E-state index in [4.69, 9.17) is 0 Å². The SMILES string of the molecule is CCN(CCCCNC(C)C)C1CCCC1. The molecule has 1 rings (SSSR count). The first kappa shape index (κ1) is 14.0. The van der Waals surface area contributed by atoms with Crippen molar-refractivity contribution in [2.45, 2.75) is 71.4 Å². The molecular formula is C14H30N2. The second kappa shape index (κ2) is 8.08. The van der Waals surface area contributed by atoms with Crippen molar-refractivity contribution in [2.24, 2.45) is 0 Å². The first-order valence-corrected chi connectivity index (χ1v) is 7.21. The molecule has 1 aliphatic rings. The van der Waals surface area contributed by atoms with Gasteiger partial charge in [-0.15, -0.1) is 0 Å². The van der Waals surface area contributed by atoms with Crippen molar-refractivity contribution >= 4 is 0 Å². The summed E-state index contributed by atoms with van der Waals surface area (Å²) in [5.74, 6) is 0. The van der Waals surface area contributed by atoms with Crippen molar-refractivity contribution < 1.29 is 0 Å². The molecule has 1 aliphatic carbocycles. The van der Waals surface area contributed by atoms with E-state index in [1.165, 1.54) is 58.2 Å². The molecule has 0 aromatic rings. The number of rotatable bonds is 8. The van der Waals surface area contributed by atoms with E-state index >= 15 is 0 Å². The highest BCUT2D eigenvalue weighted by Gasteiger charge is 2.20. The van der Waals surface area contributed by atoms with Crippen molar-refractivity contribution in [1.29, 1.82) is 0 Å². The molecule has 0 aromatic heterocycles. The molecule has 0 amide bonds. The lowest BCUT2D eigenvalue weighted by Crippen LogP contribution is -2.34. The Morgan fingerprint density at radius 3 is 2.44 bits per heavy atom. The monoisotopic (exact) mass is 226 g/mol.